The highest BCUT2D eigenvalue weighted by molar-refractivity contribution is 5.75. The summed E-state index contributed by atoms with van der Waals surface area (Å²) in [4.78, 5) is 10.4. The zero-order chi connectivity index (χ0) is 10.3. The molecule has 0 aromatic carbocycles. The average molecular weight is 186 g/mol. The minimum Gasteiger partial charge on any atom is -0.369 e. The summed E-state index contributed by atoms with van der Waals surface area (Å²) in [6.07, 6.45) is 3.58. The molecule has 3 nitrogen and oxygen atoms in total. The van der Waals surface area contributed by atoms with Gasteiger partial charge < -0.3 is 11.1 Å². The molecule has 0 rings (SSSR count). The van der Waals surface area contributed by atoms with E-state index in [4.69, 9.17) is 5.73 Å². The van der Waals surface area contributed by atoms with Crippen LogP contribution in [0.5, 0.6) is 0 Å². The van der Waals surface area contributed by atoms with Crippen LogP contribution in [0.15, 0.2) is 0 Å². The monoisotopic (exact) mass is 186 g/mol. The van der Waals surface area contributed by atoms with Crippen molar-refractivity contribution in [3.8, 4) is 0 Å². The Labute approximate surface area is 81.1 Å². The summed E-state index contributed by atoms with van der Waals surface area (Å²) >= 11 is 0. The zero-order valence-electron chi connectivity index (χ0n) is 8.97. The number of carbonyl (C=O) groups is 1. The Kier molecular flexibility index (Phi) is 6.59. The van der Waals surface area contributed by atoms with Gasteiger partial charge in [0.2, 0.25) is 5.91 Å². The Morgan fingerprint density at radius 1 is 1.31 bits per heavy atom. The molecule has 13 heavy (non-hydrogen) atoms. The molecule has 0 aliphatic rings. The second-order valence-electron chi connectivity index (χ2n) is 4.07. The second kappa shape index (κ2) is 6.89. The van der Waals surface area contributed by atoms with Gasteiger partial charge in [-0.3, -0.25) is 4.79 Å². The standard InChI is InChI=1S/C10H22N2O/c1-8(2)5-4-6-9(3)12-7-10(11)13/h8-9,12H,4-7H2,1-3H3,(H2,11,13). The van der Waals surface area contributed by atoms with Gasteiger partial charge in [0.05, 0.1) is 6.54 Å². The lowest BCUT2D eigenvalue weighted by Crippen LogP contribution is -2.34. The highest BCUT2D eigenvalue weighted by Gasteiger charge is 2.03. The maximum absolute atomic E-state index is 10.4. The first-order chi connectivity index (χ1) is 6.02. The van der Waals surface area contributed by atoms with Crippen molar-refractivity contribution in [2.45, 2.75) is 46.1 Å². The quantitative estimate of drug-likeness (QED) is 0.629. The Balaban J connectivity index is 3.30. The number of amides is 1. The number of hydrogen-bond donors (Lipinski definition) is 2. The van der Waals surface area contributed by atoms with E-state index in [0.29, 0.717) is 12.6 Å². The lowest BCUT2D eigenvalue weighted by atomic mass is 10.0. The molecular weight excluding hydrogens is 164 g/mol. The van der Waals surface area contributed by atoms with E-state index in [1.807, 2.05) is 0 Å². The van der Waals surface area contributed by atoms with Crippen molar-refractivity contribution in [3.63, 3.8) is 0 Å². The first-order valence-electron chi connectivity index (χ1n) is 5.04. The predicted octanol–water partition coefficient (Wildman–Crippen LogP) is 1.28. The Hall–Kier alpha value is -0.570. The van der Waals surface area contributed by atoms with E-state index in [2.05, 4.69) is 26.1 Å². The Morgan fingerprint density at radius 2 is 1.92 bits per heavy atom. The van der Waals surface area contributed by atoms with Crippen LogP contribution in [0.1, 0.15) is 40.0 Å². The van der Waals surface area contributed by atoms with E-state index in [-0.39, 0.29) is 5.91 Å². The van der Waals surface area contributed by atoms with Gasteiger partial charge in [-0.25, -0.2) is 0 Å². The van der Waals surface area contributed by atoms with Gasteiger partial charge in [-0.15, -0.1) is 0 Å². The van der Waals surface area contributed by atoms with Gasteiger partial charge in [0, 0.05) is 6.04 Å². The Bertz CT molecular complexity index is 146. The Morgan fingerprint density at radius 3 is 2.38 bits per heavy atom. The summed E-state index contributed by atoms with van der Waals surface area (Å²) in [5.74, 6) is 0.485. The molecule has 0 heterocycles. The van der Waals surface area contributed by atoms with Crippen molar-refractivity contribution in [1.82, 2.24) is 5.32 Å². The van der Waals surface area contributed by atoms with Crippen molar-refractivity contribution in [3.05, 3.63) is 0 Å². The van der Waals surface area contributed by atoms with Gasteiger partial charge in [0.15, 0.2) is 0 Å². The van der Waals surface area contributed by atoms with E-state index in [9.17, 15) is 4.79 Å². The van der Waals surface area contributed by atoms with Crippen molar-refractivity contribution in [1.29, 1.82) is 0 Å². The first kappa shape index (κ1) is 12.4. The molecule has 0 spiro atoms. The third-order valence-electron chi connectivity index (χ3n) is 2.04. The van der Waals surface area contributed by atoms with Crippen LogP contribution in [-0.2, 0) is 4.79 Å². The summed E-state index contributed by atoms with van der Waals surface area (Å²) in [7, 11) is 0. The van der Waals surface area contributed by atoms with Gasteiger partial charge in [-0.05, 0) is 19.3 Å². The van der Waals surface area contributed by atoms with Crippen LogP contribution >= 0.6 is 0 Å². The van der Waals surface area contributed by atoms with Gasteiger partial charge in [0.1, 0.15) is 0 Å². The largest absolute Gasteiger partial charge is 0.369 e. The fourth-order valence-corrected chi connectivity index (χ4v) is 1.21. The van der Waals surface area contributed by atoms with Gasteiger partial charge >= 0.3 is 0 Å². The third-order valence-corrected chi connectivity index (χ3v) is 2.04. The number of hydrogen-bond acceptors (Lipinski definition) is 2. The molecule has 0 bridgehead atoms. The van der Waals surface area contributed by atoms with Crippen LogP contribution in [0, 0.1) is 5.92 Å². The highest BCUT2D eigenvalue weighted by atomic mass is 16.1. The van der Waals surface area contributed by atoms with Crippen LogP contribution in [0.25, 0.3) is 0 Å². The predicted molar refractivity (Wildman–Crippen MR) is 55.3 cm³/mol. The molecular formula is C10H22N2O. The number of nitrogens with two attached hydrogens (primary N) is 1. The highest BCUT2D eigenvalue weighted by Crippen LogP contribution is 2.07. The molecule has 0 fully saturated rings. The van der Waals surface area contributed by atoms with Gasteiger partial charge in [-0.1, -0.05) is 26.7 Å². The van der Waals surface area contributed by atoms with Crippen molar-refractivity contribution < 1.29 is 4.79 Å². The molecule has 0 saturated heterocycles. The smallest absolute Gasteiger partial charge is 0.231 e. The summed E-state index contributed by atoms with van der Waals surface area (Å²) in [5, 5.41) is 3.08. The van der Waals surface area contributed by atoms with E-state index in [1.165, 1.54) is 12.8 Å². The molecule has 0 aliphatic heterocycles. The number of rotatable bonds is 7. The molecule has 1 unspecified atom stereocenters. The minimum absolute atomic E-state index is 0.282. The molecule has 3 N–H and O–H groups in total. The lowest BCUT2D eigenvalue weighted by molar-refractivity contribution is -0.117. The summed E-state index contributed by atoms with van der Waals surface area (Å²) < 4.78 is 0. The molecule has 1 atom stereocenters. The van der Waals surface area contributed by atoms with E-state index in [1.54, 1.807) is 0 Å². The molecule has 78 valence electrons. The molecule has 0 radical (unpaired) electrons. The molecule has 1 amide bonds. The van der Waals surface area contributed by atoms with Crippen LogP contribution in [0.4, 0.5) is 0 Å². The fraction of sp³-hybridized carbons (Fsp3) is 0.900. The van der Waals surface area contributed by atoms with E-state index in [0.717, 1.165) is 12.3 Å². The molecule has 0 aromatic rings. The normalized spacial score (nSPS) is 13.2. The lowest BCUT2D eigenvalue weighted by Gasteiger charge is -2.12. The fourth-order valence-electron chi connectivity index (χ4n) is 1.21. The minimum atomic E-state index is -0.282. The first-order valence-corrected chi connectivity index (χ1v) is 5.04. The molecule has 0 aromatic heterocycles. The summed E-state index contributed by atoms with van der Waals surface area (Å²) in [6.45, 7) is 6.83. The number of carbonyl (C=O) groups excluding carboxylic acids is 1. The van der Waals surface area contributed by atoms with Crippen LogP contribution < -0.4 is 11.1 Å². The maximum Gasteiger partial charge on any atom is 0.231 e. The average Bonchev–Trinajstić information content (AvgIpc) is 2.00. The summed E-state index contributed by atoms with van der Waals surface area (Å²) in [5.41, 5.74) is 5.02. The number of primary amides is 1. The summed E-state index contributed by atoms with van der Waals surface area (Å²) in [6, 6.07) is 0.395. The van der Waals surface area contributed by atoms with E-state index < -0.39 is 0 Å². The van der Waals surface area contributed by atoms with Crippen molar-refractivity contribution in [2.75, 3.05) is 6.54 Å². The second-order valence-corrected chi connectivity index (χ2v) is 4.07. The topological polar surface area (TPSA) is 55.1 Å². The molecule has 3 heteroatoms. The van der Waals surface area contributed by atoms with Crippen molar-refractivity contribution in [2.24, 2.45) is 11.7 Å². The van der Waals surface area contributed by atoms with Crippen LogP contribution in [-0.4, -0.2) is 18.5 Å². The van der Waals surface area contributed by atoms with Crippen LogP contribution in [0.2, 0.25) is 0 Å². The van der Waals surface area contributed by atoms with Gasteiger partial charge in [0.25, 0.3) is 0 Å². The van der Waals surface area contributed by atoms with Crippen molar-refractivity contribution >= 4 is 5.91 Å². The number of nitrogens with one attached hydrogen (secondary N) is 1. The third kappa shape index (κ3) is 9.34. The van der Waals surface area contributed by atoms with Gasteiger partial charge in [-0.2, -0.15) is 0 Å². The molecule has 0 aliphatic carbocycles. The van der Waals surface area contributed by atoms with E-state index >= 15 is 0 Å². The maximum atomic E-state index is 10.4. The SMILES string of the molecule is CC(C)CCCC(C)NCC(N)=O. The zero-order valence-corrected chi connectivity index (χ0v) is 8.97. The van der Waals surface area contributed by atoms with Crippen LogP contribution in [0.3, 0.4) is 0 Å². The molecule has 0 saturated carbocycles.